The Bertz CT molecular complexity index is 520. The Morgan fingerprint density at radius 2 is 2.11 bits per heavy atom. The lowest BCUT2D eigenvalue weighted by atomic mass is 9.96. The van der Waals surface area contributed by atoms with Crippen molar-refractivity contribution in [2.45, 2.75) is 37.0 Å². The van der Waals surface area contributed by atoms with Gasteiger partial charge in [0.15, 0.2) is 0 Å². The lowest BCUT2D eigenvalue weighted by molar-refractivity contribution is 0.529. The standard InChI is InChI=1S/C13H15ClN2OS/c1-13(2,3)12-15-10(14)7-11(16-12)18-8-9-5-4-6-17-9/h4-7H,8H2,1-3H3. The van der Waals surface area contributed by atoms with Gasteiger partial charge in [-0.3, -0.25) is 0 Å². The van der Waals surface area contributed by atoms with Gasteiger partial charge in [0.25, 0.3) is 0 Å². The molecule has 0 atom stereocenters. The minimum absolute atomic E-state index is 0.106. The quantitative estimate of drug-likeness (QED) is 0.621. The lowest BCUT2D eigenvalue weighted by Crippen LogP contribution is -2.16. The number of nitrogens with zero attached hydrogens (tertiary/aromatic N) is 2. The van der Waals surface area contributed by atoms with Gasteiger partial charge in [-0.05, 0) is 12.1 Å². The fraction of sp³-hybridized carbons (Fsp3) is 0.385. The highest BCUT2D eigenvalue weighted by Gasteiger charge is 2.19. The first kappa shape index (κ1) is 13.4. The van der Waals surface area contributed by atoms with Crippen LogP contribution in [-0.4, -0.2) is 9.97 Å². The fourth-order valence-corrected chi connectivity index (χ4v) is 2.39. The van der Waals surface area contributed by atoms with Gasteiger partial charge in [0.1, 0.15) is 21.8 Å². The van der Waals surface area contributed by atoms with Gasteiger partial charge in [0, 0.05) is 11.5 Å². The van der Waals surface area contributed by atoms with Gasteiger partial charge < -0.3 is 4.42 Å². The van der Waals surface area contributed by atoms with E-state index in [-0.39, 0.29) is 5.41 Å². The molecule has 0 aromatic carbocycles. The summed E-state index contributed by atoms with van der Waals surface area (Å²) in [5.74, 6) is 2.42. The number of hydrogen-bond donors (Lipinski definition) is 0. The average molecular weight is 283 g/mol. The molecule has 0 bridgehead atoms. The number of rotatable bonds is 3. The number of thioether (sulfide) groups is 1. The predicted molar refractivity (Wildman–Crippen MR) is 74.0 cm³/mol. The highest BCUT2D eigenvalue weighted by molar-refractivity contribution is 7.98. The van der Waals surface area contributed by atoms with Crippen LogP contribution in [0.5, 0.6) is 0 Å². The van der Waals surface area contributed by atoms with Gasteiger partial charge in [-0.25, -0.2) is 9.97 Å². The second-order valence-corrected chi connectivity index (χ2v) is 6.35. The second-order valence-electron chi connectivity index (χ2n) is 4.97. The largest absolute Gasteiger partial charge is 0.468 e. The van der Waals surface area contributed by atoms with E-state index in [4.69, 9.17) is 16.0 Å². The van der Waals surface area contributed by atoms with E-state index in [1.165, 1.54) is 0 Å². The van der Waals surface area contributed by atoms with Crippen LogP contribution in [0.25, 0.3) is 0 Å². The summed E-state index contributed by atoms with van der Waals surface area (Å²) in [7, 11) is 0. The maximum atomic E-state index is 6.03. The molecule has 0 spiro atoms. The molecule has 2 aromatic heterocycles. The van der Waals surface area contributed by atoms with Crippen LogP contribution in [0.2, 0.25) is 5.15 Å². The number of halogens is 1. The van der Waals surface area contributed by atoms with Crippen molar-refractivity contribution in [3.63, 3.8) is 0 Å². The summed E-state index contributed by atoms with van der Waals surface area (Å²) in [6, 6.07) is 5.61. The molecule has 0 aliphatic rings. The van der Waals surface area contributed by atoms with E-state index < -0.39 is 0 Å². The summed E-state index contributed by atoms with van der Waals surface area (Å²) < 4.78 is 5.29. The normalized spacial score (nSPS) is 11.8. The molecule has 0 radical (unpaired) electrons. The monoisotopic (exact) mass is 282 g/mol. The predicted octanol–water partition coefficient (Wildman–Crippen LogP) is 4.31. The van der Waals surface area contributed by atoms with E-state index in [9.17, 15) is 0 Å². The van der Waals surface area contributed by atoms with Crippen molar-refractivity contribution in [3.05, 3.63) is 41.2 Å². The van der Waals surface area contributed by atoms with Gasteiger partial charge >= 0.3 is 0 Å². The molecule has 2 aromatic rings. The van der Waals surface area contributed by atoms with Crippen molar-refractivity contribution >= 4 is 23.4 Å². The van der Waals surface area contributed by atoms with E-state index in [2.05, 4.69) is 30.7 Å². The Labute approximate surface area is 116 Å². The molecule has 0 saturated heterocycles. The number of hydrogen-bond acceptors (Lipinski definition) is 4. The van der Waals surface area contributed by atoms with Crippen LogP contribution in [0.1, 0.15) is 32.4 Å². The molecular formula is C13H15ClN2OS. The Morgan fingerprint density at radius 1 is 1.33 bits per heavy atom. The zero-order chi connectivity index (χ0) is 13.2. The van der Waals surface area contributed by atoms with Crippen molar-refractivity contribution in [3.8, 4) is 0 Å². The molecule has 0 unspecified atom stereocenters. The van der Waals surface area contributed by atoms with Gasteiger partial charge in [-0.1, -0.05) is 44.1 Å². The first-order valence-corrected chi connectivity index (χ1v) is 7.02. The summed E-state index contributed by atoms with van der Waals surface area (Å²) in [4.78, 5) is 8.80. The molecule has 0 N–H and O–H groups in total. The topological polar surface area (TPSA) is 38.9 Å². The Kier molecular flexibility index (Phi) is 3.97. The Morgan fingerprint density at radius 3 is 2.72 bits per heavy atom. The smallest absolute Gasteiger partial charge is 0.136 e. The highest BCUT2D eigenvalue weighted by atomic mass is 35.5. The van der Waals surface area contributed by atoms with Crippen LogP contribution in [-0.2, 0) is 11.2 Å². The third kappa shape index (κ3) is 3.50. The molecule has 5 heteroatoms. The molecule has 0 amide bonds. The molecule has 0 aliphatic carbocycles. The third-order valence-corrected chi connectivity index (χ3v) is 3.41. The lowest BCUT2D eigenvalue weighted by Gasteiger charge is -2.17. The van der Waals surface area contributed by atoms with Crippen molar-refractivity contribution in [2.75, 3.05) is 0 Å². The summed E-state index contributed by atoms with van der Waals surface area (Å²) in [5.41, 5.74) is -0.106. The molecular weight excluding hydrogens is 268 g/mol. The summed E-state index contributed by atoms with van der Waals surface area (Å²) in [6.45, 7) is 6.21. The molecule has 2 heterocycles. The van der Waals surface area contributed by atoms with E-state index in [1.807, 2.05) is 12.1 Å². The zero-order valence-corrected chi connectivity index (χ0v) is 12.2. The maximum absolute atomic E-state index is 6.03. The Hall–Kier alpha value is -1.00. The van der Waals surface area contributed by atoms with E-state index >= 15 is 0 Å². The number of furan rings is 1. The maximum Gasteiger partial charge on any atom is 0.136 e. The van der Waals surface area contributed by atoms with Crippen molar-refractivity contribution < 1.29 is 4.42 Å². The zero-order valence-electron chi connectivity index (χ0n) is 10.6. The van der Waals surface area contributed by atoms with Crippen LogP contribution < -0.4 is 0 Å². The molecule has 18 heavy (non-hydrogen) atoms. The molecule has 0 aliphatic heterocycles. The molecule has 2 rings (SSSR count). The molecule has 96 valence electrons. The number of aromatic nitrogens is 2. The summed E-state index contributed by atoms with van der Waals surface area (Å²) in [5, 5.41) is 1.35. The van der Waals surface area contributed by atoms with Gasteiger partial charge in [-0.15, -0.1) is 0 Å². The SMILES string of the molecule is CC(C)(C)c1nc(Cl)cc(SCc2ccco2)n1. The molecule has 0 fully saturated rings. The molecule has 0 saturated carbocycles. The van der Waals surface area contributed by atoms with Crippen LogP contribution in [0, 0.1) is 0 Å². The van der Waals surface area contributed by atoms with E-state index in [0.29, 0.717) is 5.15 Å². The first-order chi connectivity index (χ1) is 8.45. The van der Waals surface area contributed by atoms with Gasteiger partial charge in [0.2, 0.25) is 0 Å². The minimum atomic E-state index is -0.106. The van der Waals surface area contributed by atoms with Gasteiger partial charge in [0.05, 0.1) is 12.0 Å². The first-order valence-electron chi connectivity index (χ1n) is 5.65. The van der Waals surface area contributed by atoms with Gasteiger partial charge in [-0.2, -0.15) is 0 Å². The van der Waals surface area contributed by atoms with E-state index in [1.54, 1.807) is 24.1 Å². The third-order valence-electron chi connectivity index (χ3n) is 2.28. The van der Waals surface area contributed by atoms with Crippen LogP contribution in [0.4, 0.5) is 0 Å². The van der Waals surface area contributed by atoms with Crippen LogP contribution in [0.3, 0.4) is 0 Å². The molecule has 3 nitrogen and oxygen atoms in total. The fourth-order valence-electron chi connectivity index (χ4n) is 1.35. The second kappa shape index (κ2) is 5.33. The van der Waals surface area contributed by atoms with Crippen molar-refractivity contribution in [2.24, 2.45) is 0 Å². The highest BCUT2D eigenvalue weighted by Crippen LogP contribution is 2.26. The minimum Gasteiger partial charge on any atom is -0.468 e. The average Bonchev–Trinajstić information content (AvgIpc) is 2.77. The van der Waals surface area contributed by atoms with Crippen LogP contribution >= 0.6 is 23.4 Å². The summed E-state index contributed by atoms with van der Waals surface area (Å²) >= 11 is 7.62. The summed E-state index contributed by atoms with van der Waals surface area (Å²) in [6.07, 6.45) is 1.67. The van der Waals surface area contributed by atoms with Crippen LogP contribution in [0.15, 0.2) is 33.9 Å². The van der Waals surface area contributed by atoms with Crippen molar-refractivity contribution in [1.29, 1.82) is 0 Å². The Balaban J connectivity index is 2.15. The van der Waals surface area contributed by atoms with Crippen molar-refractivity contribution in [1.82, 2.24) is 9.97 Å². The van der Waals surface area contributed by atoms with E-state index in [0.717, 1.165) is 22.4 Å².